The first kappa shape index (κ1) is 25.3. The Morgan fingerprint density at radius 2 is 1.71 bits per heavy atom. The number of carbonyl (C=O) groups is 1. The average molecular weight is 508 g/mol. The highest BCUT2D eigenvalue weighted by molar-refractivity contribution is 5.88. The van der Waals surface area contributed by atoms with Crippen molar-refractivity contribution in [3.8, 4) is 11.5 Å². The first-order chi connectivity index (χ1) is 18.6. The van der Waals surface area contributed by atoms with E-state index in [1.165, 1.54) is 5.39 Å². The number of para-hydroxylation sites is 2. The summed E-state index contributed by atoms with van der Waals surface area (Å²) in [7, 11) is 0. The van der Waals surface area contributed by atoms with E-state index in [0.29, 0.717) is 19.6 Å². The van der Waals surface area contributed by atoms with Crippen LogP contribution in [0.2, 0.25) is 0 Å². The number of rotatable bonds is 11. The van der Waals surface area contributed by atoms with E-state index in [0.717, 1.165) is 57.8 Å². The highest BCUT2D eigenvalue weighted by atomic mass is 16.5. The van der Waals surface area contributed by atoms with Gasteiger partial charge < -0.3 is 19.4 Å². The maximum absolute atomic E-state index is 12.4. The predicted molar refractivity (Wildman–Crippen MR) is 152 cm³/mol. The van der Waals surface area contributed by atoms with Gasteiger partial charge in [0.25, 0.3) is 5.91 Å². The lowest BCUT2D eigenvalue weighted by Crippen LogP contribution is -2.31. The molecule has 4 aromatic carbocycles. The summed E-state index contributed by atoms with van der Waals surface area (Å²) in [5.74, 6) is 2.46. The van der Waals surface area contributed by atoms with Crippen LogP contribution in [0.25, 0.3) is 21.8 Å². The molecule has 6 nitrogen and oxygen atoms in total. The number of imidazole rings is 1. The minimum atomic E-state index is -0.142. The molecule has 194 valence electrons. The van der Waals surface area contributed by atoms with Crippen LogP contribution in [0, 0.1) is 13.8 Å². The van der Waals surface area contributed by atoms with Crippen LogP contribution in [-0.2, 0) is 17.8 Å². The van der Waals surface area contributed by atoms with Crippen LogP contribution in [0.3, 0.4) is 0 Å². The molecule has 0 bridgehead atoms. The molecule has 0 aliphatic heterocycles. The number of nitrogens with zero attached hydrogens (tertiary/aromatic N) is 2. The van der Waals surface area contributed by atoms with Gasteiger partial charge in [-0.1, -0.05) is 60.7 Å². The number of fused-ring (bicyclic) bond motifs is 2. The first-order valence-electron chi connectivity index (χ1n) is 13.1. The second-order valence-electron chi connectivity index (χ2n) is 9.51. The van der Waals surface area contributed by atoms with Gasteiger partial charge in [-0.05, 0) is 61.0 Å². The van der Waals surface area contributed by atoms with Crippen molar-refractivity contribution >= 4 is 27.7 Å². The second kappa shape index (κ2) is 11.8. The van der Waals surface area contributed by atoms with Gasteiger partial charge in [0, 0.05) is 24.9 Å². The number of carbonyl (C=O) groups excluding carboxylic acids is 1. The van der Waals surface area contributed by atoms with Crippen LogP contribution in [0.15, 0.2) is 84.9 Å². The van der Waals surface area contributed by atoms with Gasteiger partial charge in [-0.15, -0.1) is 0 Å². The molecular weight excluding hydrogens is 474 g/mol. The lowest BCUT2D eigenvalue weighted by molar-refractivity contribution is -0.123. The van der Waals surface area contributed by atoms with Crippen LogP contribution < -0.4 is 14.8 Å². The van der Waals surface area contributed by atoms with Gasteiger partial charge in [-0.2, -0.15) is 0 Å². The number of benzene rings is 4. The quantitative estimate of drug-likeness (QED) is 0.222. The molecule has 0 fully saturated rings. The molecule has 0 saturated carbocycles. The van der Waals surface area contributed by atoms with E-state index in [4.69, 9.17) is 14.5 Å². The highest BCUT2D eigenvalue weighted by Gasteiger charge is 2.12. The minimum Gasteiger partial charge on any atom is -0.493 e. The molecule has 1 amide bonds. The smallest absolute Gasteiger partial charge is 0.257 e. The highest BCUT2D eigenvalue weighted by Crippen LogP contribution is 2.25. The number of nitrogens with one attached hydrogen (secondary N) is 1. The molecule has 1 heterocycles. The molecular formula is C32H33N3O3. The van der Waals surface area contributed by atoms with E-state index in [9.17, 15) is 4.79 Å². The number of aryl methyl sites for hydroxylation is 3. The second-order valence-corrected chi connectivity index (χ2v) is 9.51. The number of aromatic nitrogens is 2. The molecule has 0 atom stereocenters. The Bertz CT molecular complexity index is 1550. The molecule has 1 aromatic heterocycles. The van der Waals surface area contributed by atoms with E-state index in [1.807, 2.05) is 74.5 Å². The number of hydrogen-bond donors (Lipinski definition) is 1. The Balaban J connectivity index is 1.17. The van der Waals surface area contributed by atoms with E-state index < -0.39 is 0 Å². The zero-order valence-corrected chi connectivity index (χ0v) is 21.9. The third-order valence-corrected chi connectivity index (χ3v) is 6.64. The molecule has 0 aliphatic rings. The van der Waals surface area contributed by atoms with E-state index >= 15 is 0 Å². The summed E-state index contributed by atoms with van der Waals surface area (Å²) in [5, 5.41) is 5.27. The van der Waals surface area contributed by atoms with Gasteiger partial charge in [-0.25, -0.2) is 4.98 Å². The predicted octanol–water partition coefficient (Wildman–Crippen LogP) is 6.01. The van der Waals surface area contributed by atoms with Crippen molar-refractivity contribution in [1.82, 2.24) is 14.9 Å². The summed E-state index contributed by atoms with van der Waals surface area (Å²) >= 11 is 0. The van der Waals surface area contributed by atoms with Crippen molar-refractivity contribution in [3.63, 3.8) is 0 Å². The largest absolute Gasteiger partial charge is 0.493 e. The Morgan fingerprint density at radius 3 is 2.63 bits per heavy atom. The van der Waals surface area contributed by atoms with E-state index in [2.05, 4.69) is 34.1 Å². The van der Waals surface area contributed by atoms with Crippen LogP contribution in [0.1, 0.15) is 23.4 Å². The van der Waals surface area contributed by atoms with Crippen molar-refractivity contribution in [2.75, 3.05) is 19.8 Å². The van der Waals surface area contributed by atoms with Crippen molar-refractivity contribution in [2.24, 2.45) is 0 Å². The van der Waals surface area contributed by atoms with Crippen LogP contribution >= 0.6 is 0 Å². The molecule has 0 spiro atoms. The normalized spacial score (nSPS) is 11.1. The van der Waals surface area contributed by atoms with Gasteiger partial charge in [0.05, 0.1) is 17.6 Å². The SMILES string of the molecule is Cc1ccc(C)c(OCC(=O)NCCc2nc3ccccc3n2CCCOc2cccc3ccccc23)c1. The molecule has 5 aromatic rings. The monoisotopic (exact) mass is 507 g/mol. The molecule has 6 heteroatoms. The maximum atomic E-state index is 12.4. The Labute approximate surface area is 223 Å². The van der Waals surface area contributed by atoms with Gasteiger partial charge in [0.15, 0.2) is 6.61 Å². The fourth-order valence-corrected chi connectivity index (χ4v) is 4.66. The van der Waals surface area contributed by atoms with E-state index in [-0.39, 0.29) is 12.5 Å². The number of ether oxygens (including phenoxy) is 2. The van der Waals surface area contributed by atoms with Crippen molar-refractivity contribution in [2.45, 2.75) is 33.2 Å². The lowest BCUT2D eigenvalue weighted by atomic mass is 10.1. The molecule has 0 radical (unpaired) electrons. The summed E-state index contributed by atoms with van der Waals surface area (Å²) in [6.07, 6.45) is 1.47. The summed E-state index contributed by atoms with van der Waals surface area (Å²) in [4.78, 5) is 17.3. The molecule has 5 rings (SSSR count). The zero-order valence-electron chi connectivity index (χ0n) is 21.9. The van der Waals surface area contributed by atoms with Crippen molar-refractivity contribution < 1.29 is 14.3 Å². The summed E-state index contributed by atoms with van der Waals surface area (Å²) in [5.41, 5.74) is 4.17. The van der Waals surface area contributed by atoms with Crippen LogP contribution in [0.5, 0.6) is 11.5 Å². The van der Waals surface area contributed by atoms with Gasteiger partial charge in [-0.3, -0.25) is 4.79 Å². The van der Waals surface area contributed by atoms with Gasteiger partial charge in [0.2, 0.25) is 0 Å². The molecule has 1 N–H and O–H groups in total. The summed E-state index contributed by atoms with van der Waals surface area (Å²) in [6.45, 7) is 5.85. The topological polar surface area (TPSA) is 65.4 Å². The molecule has 0 unspecified atom stereocenters. The Morgan fingerprint density at radius 1 is 0.895 bits per heavy atom. The summed E-state index contributed by atoms with van der Waals surface area (Å²) < 4.78 is 14.1. The fraction of sp³-hybridized carbons (Fsp3) is 0.250. The van der Waals surface area contributed by atoms with Crippen molar-refractivity contribution in [3.05, 3.63) is 102 Å². The Hall–Kier alpha value is -4.32. The lowest BCUT2D eigenvalue weighted by Gasteiger charge is -2.12. The average Bonchev–Trinajstić information content (AvgIpc) is 3.28. The third-order valence-electron chi connectivity index (χ3n) is 6.64. The number of hydrogen-bond acceptors (Lipinski definition) is 4. The van der Waals surface area contributed by atoms with Crippen molar-refractivity contribution in [1.29, 1.82) is 0 Å². The molecule has 0 saturated heterocycles. The van der Waals surface area contributed by atoms with Gasteiger partial charge in [0.1, 0.15) is 17.3 Å². The third kappa shape index (κ3) is 5.97. The summed E-state index contributed by atoms with van der Waals surface area (Å²) in [6, 6.07) is 28.5. The first-order valence-corrected chi connectivity index (χ1v) is 13.1. The van der Waals surface area contributed by atoms with Gasteiger partial charge >= 0.3 is 0 Å². The fourth-order valence-electron chi connectivity index (χ4n) is 4.66. The minimum absolute atomic E-state index is 0.00772. The molecule has 0 aliphatic carbocycles. The maximum Gasteiger partial charge on any atom is 0.257 e. The van der Waals surface area contributed by atoms with Crippen LogP contribution in [0.4, 0.5) is 0 Å². The van der Waals surface area contributed by atoms with Crippen LogP contribution in [-0.4, -0.2) is 35.2 Å². The number of amides is 1. The Kier molecular flexibility index (Phi) is 7.88. The van der Waals surface area contributed by atoms with E-state index in [1.54, 1.807) is 0 Å². The molecule has 38 heavy (non-hydrogen) atoms. The zero-order chi connectivity index (χ0) is 26.3. The standard InChI is InChI=1S/C32H33N3O3/c1-23-15-16-24(2)30(21-23)38-22-32(36)33-18-17-31-34-27-12-5-6-13-28(27)35(31)19-8-20-37-29-14-7-10-25-9-3-4-11-26(25)29/h3-7,9-16,21H,8,17-20,22H2,1-2H3,(H,33,36).